The fourth-order valence-corrected chi connectivity index (χ4v) is 2.53. The standard InChI is InChI=1S/C17H27N3O2/c1-4-12-22-15-6-7-16(14(2)13-15)18-17(21)20-9-5-8-19(3)10-11-20/h6-7,13H,4-5,8-12H2,1-3H3,(H,18,21). The van der Waals surface area contributed by atoms with Gasteiger partial charge in [0.1, 0.15) is 5.75 Å². The van der Waals surface area contributed by atoms with Crippen LogP contribution >= 0.6 is 0 Å². The van der Waals surface area contributed by atoms with Crippen LogP contribution in [0.25, 0.3) is 0 Å². The molecule has 22 heavy (non-hydrogen) atoms. The summed E-state index contributed by atoms with van der Waals surface area (Å²) in [5, 5.41) is 3.02. The number of nitrogens with one attached hydrogen (secondary N) is 1. The molecule has 0 bridgehead atoms. The zero-order valence-electron chi connectivity index (χ0n) is 13.9. The topological polar surface area (TPSA) is 44.8 Å². The third kappa shape index (κ3) is 4.63. The molecule has 1 aromatic rings. The lowest BCUT2D eigenvalue weighted by Gasteiger charge is -2.21. The zero-order valence-corrected chi connectivity index (χ0v) is 13.9. The van der Waals surface area contributed by atoms with Gasteiger partial charge in [-0.2, -0.15) is 0 Å². The van der Waals surface area contributed by atoms with Gasteiger partial charge < -0.3 is 19.9 Å². The van der Waals surface area contributed by atoms with Crippen LogP contribution in [-0.4, -0.2) is 55.7 Å². The number of rotatable bonds is 4. The Morgan fingerprint density at radius 3 is 2.82 bits per heavy atom. The average Bonchev–Trinajstić information content (AvgIpc) is 2.72. The van der Waals surface area contributed by atoms with Crippen molar-refractivity contribution in [3.8, 4) is 5.75 Å². The molecule has 1 fully saturated rings. The number of urea groups is 1. The Kier molecular flexibility index (Phi) is 6.07. The molecule has 1 aromatic carbocycles. The van der Waals surface area contributed by atoms with Gasteiger partial charge in [-0.25, -0.2) is 4.79 Å². The molecule has 2 amide bonds. The maximum absolute atomic E-state index is 12.4. The summed E-state index contributed by atoms with van der Waals surface area (Å²) in [5.41, 5.74) is 1.88. The first-order chi connectivity index (χ1) is 10.6. The van der Waals surface area contributed by atoms with Crippen LogP contribution < -0.4 is 10.1 Å². The number of benzene rings is 1. The molecular formula is C17H27N3O2. The summed E-state index contributed by atoms with van der Waals surface area (Å²) in [6, 6.07) is 5.79. The summed E-state index contributed by atoms with van der Waals surface area (Å²) in [4.78, 5) is 16.6. The van der Waals surface area contributed by atoms with Crippen LogP contribution in [0.4, 0.5) is 10.5 Å². The Bertz CT molecular complexity index is 505. The van der Waals surface area contributed by atoms with Crippen LogP contribution in [0.3, 0.4) is 0 Å². The zero-order chi connectivity index (χ0) is 15.9. The molecule has 0 aliphatic carbocycles. The van der Waals surface area contributed by atoms with Gasteiger partial charge in [0.25, 0.3) is 0 Å². The fraction of sp³-hybridized carbons (Fsp3) is 0.588. The van der Waals surface area contributed by atoms with Gasteiger partial charge in [-0.1, -0.05) is 6.92 Å². The van der Waals surface area contributed by atoms with E-state index < -0.39 is 0 Å². The Labute approximate surface area is 133 Å². The second kappa shape index (κ2) is 8.03. The SMILES string of the molecule is CCCOc1ccc(NC(=O)N2CCCN(C)CC2)c(C)c1. The number of amides is 2. The Balaban J connectivity index is 1.96. The van der Waals surface area contributed by atoms with Crippen molar-refractivity contribution in [3.63, 3.8) is 0 Å². The van der Waals surface area contributed by atoms with E-state index in [2.05, 4.69) is 24.2 Å². The van der Waals surface area contributed by atoms with Gasteiger partial charge in [-0.15, -0.1) is 0 Å². The monoisotopic (exact) mass is 305 g/mol. The lowest BCUT2D eigenvalue weighted by molar-refractivity contribution is 0.213. The molecule has 2 rings (SSSR count). The first-order valence-corrected chi connectivity index (χ1v) is 8.08. The number of likely N-dealkylation sites (N-methyl/N-ethyl adjacent to an activating group) is 1. The molecule has 5 heteroatoms. The summed E-state index contributed by atoms with van der Waals surface area (Å²) >= 11 is 0. The largest absolute Gasteiger partial charge is 0.494 e. The van der Waals surface area contributed by atoms with Gasteiger partial charge >= 0.3 is 6.03 Å². The third-order valence-electron chi connectivity index (χ3n) is 3.92. The highest BCUT2D eigenvalue weighted by molar-refractivity contribution is 5.90. The molecule has 0 radical (unpaired) electrons. The molecule has 0 aromatic heterocycles. The summed E-state index contributed by atoms with van der Waals surface area (Å²) in [6.45, 7) is 8.35. The van der Waals surface area contributed by atoms with Crippen molar-refractivity contribution in [3.05, 3.63) is 23.8 Å². The van der Waals surface area contributed by atoms with E-state index >= 15 is 0 Å². The molecule has 5 nitrogen and oxygen atoms in total. The third-order valence-corrected chi connectivity index (χ3v) is 3.92. The molecule has 0 unspecified atom stereocenters. The number of carbonyl (C=O) groups is 1. The van der Waals surface area contributed by atoms with Crippen molar-refractivity contribution in [1.82, 2.24) is 9.80 Å². The van der Waals surface area contributed by atoms with Gasteiger partial charge in [-0.3, -0.25) is 0 Å². The van der Waals surface area contributed by atoms with E-state index in [1.165, 1.54) is 0 Å². The molecule has 0 atom stereocenters. The van der Waals surface area contributed by atoms with E-state index in [0.717, 1.165) is 56.0 Å². The summed E-state index contributed by atoms with van der Waals surface area (Å²) in [6.07, 6.45) is 2.01. The van der Waals surface area contributed by atoms with Crippen LogP contribution in [0.5, 0.6) is 5.75 Å². The molecule has 0 saturated carbocycles. The van der Waals surface area contributed by atoms with Crippen molar-refractivity contribution in [2.45, 2.75) is 26.7 Å². The molecular weight excluding hydrogens is 278 g/mol. The molecule has 1 heterocycles. The minimum atomic E-state index is -0.0133. The van der Waals surface area contributed by atoms with Gasteiger partial charge in [0.2, 0.25) is 0 Å². The Morgan fingerprint density at radius 2 is 2.09 bits per heavy atom. The second-order valence-electron chi connectivity index (χ2n) is 5.90. The van der Waals surface area contributed by atoms with E-state index in [-0.39, 0.29) is 6.03 Å². The van der Waals surface area contributed by atoms with Crippen LogP contribution in [0, 0.1) is 6.92 Å². The molecule has 122 valence electrons. The predicted octanol–water partition coefficient (Wildman–Crippen LogP) is 2.95. The predicted molar refractivity (Wildman–Crippen MR) is 89.7 cm³/mol. The first-order valence-electron chi connectivity index (χ1n) is 8.08. The van der Waals surface area contributed by atoms with Gasteiger partial charge in [0.05, 0.1) is 6.61 Å². The average molecular weight is 305 g/mol. The van der Waals surface area contributed by atoms with Crippen molar-refractivity contribution < 1.29 is 9.53 Å². The highest BCUT2D eigenvalue weighted by Crippen LogP contribution is 2.22. The Hall–Kier alpha value is -1.75. The number of hydrogen-bond donors (Lipinski definition) is 1. The number of hydrogen-bond acceptors (Lipinski definition) is 3. The molecule has 1 N–H and O–H groups in total. The van der Waals surface area contributed by atoms with E-state index in [0.29, 0.717) is 6.61 Å². The number of anilines is 1. The van der Waals surface area contributed by atoms with Crippen molar-refractivity contribution in [2.75, 3.05) is 45.2 Å². The quantitative estimate of drug-likeness (QED) is 0.930. The molecule has 1 aliphatic heterocycles. The highest BCUT2D eigenvalue weighted by atomic mass is 16.5. The molecule has 1 saturated heterocycles. The van der Waals surface area contributed by atoms with Gasteiger partial charge in [0, 0.05) is 25.3 Å². The maximum Gasteiger partial charge on any atom is 0.321 e. The number of nitrogens with zero attached hydrogens (tertiary/aromatic N) is 2. The molecule has 0 spiro atoms. The van der Waals surface area contributed by atoms with Crippen molar-refractivity contribution in [1.29, 1.82) is 0 Å². The summed E-state index contributed by atoms with van der Waals surface area (Å²) in [7, 11) is 2.10. The summed E-state index contributed by atoms with van der Waals surface area (Å²) < 4.78 is 5.61. The number of ether oxygens (including phenoxy) is 1. The van der Waals surface area contributed by atoms with Crippen LogP contribution in [0.15, 0.2) is 18.2 Å². The first kappa shape index (κ1) is 16.6. The lowest BCUT2D eigenvalue weighted by atomic mass is 10.2. The fourth-order valence-electron chi connectivity index (χ4n) is 2.53. The number of aryl methyl sites for hydroxylation is 1. The minimum Gasteiger partial charge on any atom is -0.494 e. The lowest BCUT2D eigenvalue weighted by Crippen LogP contribution is -2.37. The number of carbonyl (C=O) groups excluding carboxylic acids is 1. The van der Waals surface area contributed by atoms with E-state index in [1.807, 2.05) is 30.0 Å². The minimum absolute atomic E-state index is 0.0133. The normalized spacial score (nSPS) is 16.2. The van der Waals surface area contributed by atoms with E-state index in [9.17, 15) is 4.79 Å². The van der Waals surface area contributed by atoms with Crippen LogP contribution in [0.1, 0.15) is 25.3 Å². The van der Waals surface area contributed by atoms with Gasteiger partial charge in [-0.05, 0) is 57.1 Å². The van der Waals surface area contributed by atoms with Crippen molar-refractivity contribution >= 4 is 11.7 Å². The van der Waals surface area contributed by atoms with Crippen LogP contribution in [-0.2, 0) is 0 Å². The second-order valence-corrected chi connectivity index (χ2v) is 5.90. The van der Waals surface area contributed by atoms with E-state index in [1.54, 1.807) is 0 Å². The van der Waals surface area contributed by atoms with Gasteiger partial charge in [0.15, 0.2) is 0 Å². The van der Waals surface area contributed by atoms with E-state index in [4.69, 9.17) is 4.74 Å². The Morgan fingerprint density at radius 1 is 1.27 bits per heavy atom. The maximum atomic E-state index is 12.4. The van der Waals surface area contributed by atoms with Crippen LogP contribution in [0.2, 0.25) is 0 Å². The van der Waals surface area contributed by atoms with Crippen molar-refractivity contribution in [2.24, 2.45) is 0 Å². The molecule has 1 aliphatic rings. The highest BCUT2D eigenvalue weighted by Gasteiger charge is 2.17. The summed E-state index contributed by atoms with van der Waals surface area (Å²) in [5.74, 6) is 0.855. The smallest absolute Gasteiger partial charge is 0.321 e.